The van der Waals surface area contributed by atoms with E-state index in [1.165, 1.54) is 11.3 Å². The van der Waals surface area contributed by atoms with Crippen molar-refractivity contribution in [1.29, 1.82) is 0 Å². The lowest BCUT2D eigenvalue weighted by atomic mass is 9.95. The van der Waals surface area contributed by atoms with Gasteiger partial charge in [-0.25, -0.2) is 4.79 Å². The van der Waals surface area contributed by atoms with Gasteiger partial charge in [0.2, 0.25) is 0 Å². The molecule has 0 amide bonds. The minimum absolute atomic E-state index is 0.0512. The Morgan fingerprint density at radius 1 is 1.39 bits per heavy atom. The molecule has 0 saturated heterocycles. The lowest BCUT2D eigenvalue weighted by Gasteiger charge is -2.16. The molecule has 0 unspecified atom stereocenters. The third-order valence-corrected chi connectivity index (χ3v) is 4.37. The van der Waals surface area contributed by atoms with Crippen LogP contribution in [0.2, 0.25) is 0 Å². The second kappa shape index (κ2) is 5.74. The fourth-order valence-electron chi connectivity index (χ4n) is 1.62. The number of hydrogen-bond acceptors (Lipinski definition) is 3. The van der Waals surface area contributed by atoms with E-state index in [1.54, 1.807) is 0 Å². The van der Waals surface area contributed by atoms with Crippen molar-refractivity contribution in [2.45, 2.75) is 59.0 Å². The van der Waals surface area contributed by atoms with Crippen molar-refractivity contribution < 1.29 is 14.6 Å². The van der Waals surface area contributed by atoms with Crippen LogP contribution >= 0.6 is 11.3 Å². The van der Waals surface area contributed by atoms with Crippen LogP contribution in [0, 0.1) is 0 Å². The molecule has 1 N–H and O–H groups in total. The number of aromatic carboxylic acids is 1. The average molecular weight is 270 g/mol. The van der Waals surface area contributed by atoms with Crippen LogP contribution in [-0.4, -0.2) is 17.2 Å². The van der Waals surface area contributed by atoms with Gasteiger partial charge in [0.05, 0.1) is 6.10 Å². The Kier molecular flexibility index (Phi) is 4.79. The van der Waals surface area contributed by atoms with Gasteiger partial charge in [0.1, 0.15) is 5.75 Å². The highest BCUT2D eigenvalue weighted by Crippen LogP contribution is 2.37. The van der Waals surface area contributed by atoms with Crippen molar-refractivity contribution >= 4 is 17.3 Å². The van der Waals surface area contributed by atoms with Crippen LogP contribution in [0.3, 0.4) is 0 Å². The number of rotatable bonds is 5. The van der Waals surface area contributed by atoms with Gasteiger partial charge < -0.3 is 9.84 Å². The van der Waals surface area contributed by atoms with Crippen LogP contribution in [0.5, 0.6) is 5.75 Å². The zero-order chi connectivity index (χ0) is 13.9. The molecule has 0 atom stereocenters. The predicted octanol–water partition coefficient (Wildman–Crippen LogP) is 4.31. The number of carbonyl (C=O) groups is 1. The van der Waals surface area contributed by atoms with Gasteiger partial charge in [0.25, 0.3) is 0 Å². The summed E-state index contributed by atoms with van der Waals surface area (Å²) < 4.78 is 5.81. The summed E-state index contributed by atoms with van der Waals surface area (Å²) in [6.07, 6.45) is 1.86. The van der Waals surface area contributed by atoms with E-state index in [1.807, 2.05) is 19.9 Å². The first-order valence-corrected chi connectivity index (χ1v) is 7.15. The number of hydrogen-bond donors (Lipinski definition) is 1. The first-order valence-electron chi connectivity index (χ1n) is 6.33. The van der Waals surface area contributed by atoms with Crippen molar-refractivity contribution in [3.05, 3.63) is 15.8 Å². The fraction of sp³-hybridized carbons (Fsp3) is 0.643. The number of ether oxygens (including phenoxy) is 1. The maximum Gasteiger partial charge on any atom is 0.349 e. The van der Waals surface area contributed by atoms with Gasteiger partial charge in [-0.15, -0.1) is 11.3 Å². The molecular formula is C14H22O3S. The molecule has 0 aliphatic rings. The van der Waals surface area contributed by atoms with Gasteiger partial charge in [-0.2, -0.15) is 0 Å². The maximum atomic E-state index is 11.3. The highest BCUT2D eigenvalue weighted by Gasteiger charge is 2.24. The Morgan fingerprint density at radius 2 is 1.94 bits per heavy atom. The Morgan fingerprint density at radius 3 is 2.33 bits per heavy atom. The molecule has 18 heavy (non-hydrogen) atoms. The summed E-state index contributed by atoms with van der Waals surface area (Å²) in [7, 11) is 0. The zero-order valence-corrected chi connectivity index (χ0v) is 12.6. The fourth-order valence-corrected chi connectivity index (χ4v) is 2.60. The van der Waals surface area contributed by atoms with Gasteiger partial charge in [0, 0.05) is 4.88 Å². The summed E-state index contributed by atoms with van der Waals surface area (Å²) in [5.74, 6) is -0.386. The Bertz CT molecular complexity index is 411. The van der Waals surface area contributed by atoms with Crippen molar-refractivity contribution in [2.24, 2.45) is 0 Å². The minimum Gasteiger partial charge on any atom is -0.489 e. The Balaban J connectivity index is 3.09. The van der Waals surface area contributed by atoms with Gasteiger partial charge in [-0.05, 0) is 24.3 Å². The van der Waals surface area contributed by atoms with E-state index in [9.17, 15) is 9.90 Å². The van der Waals surface area contributed by atoms with E-state index in [2.05, 4.69) is 20.8 Å². The SMILES string of the molecule is CCC(CC)Oc1cc(C(C)(C)C)sc1C(=O)O. The smallest absolute Gasteiger partial charge is 0.349 e. The summed E-state index contributed by atoms with van der Waals surface area (Å²) in [5.41, 5.74) is -0.0512. The van der Waals surface area contributed by atoms with Crippen LogP contribution in [-0.2, 0) is 5.41 Å². The molecule has 0 aliphatic carbocycles. The number of carboxylic acid groups (broad SMARTS) is 1. The number of thiophene rings is 1. The van der Waals surface area contributed by atoms with Crippen LogP contribution < -0.4 is 4.74 Å². The summed E-state index contributed by atoms with van der Waals surface area (Å²) in [5, 5.41) is 9.23. The largest absolute Gasteiger partial charge is 0.489 e. The summed E-state index contributed by atoms with van der Waals surface area (Å²) in [6.45, 7) is 10.3. The molecule has 0 bridgehead atoms. The van der Waals surface area contributed by atoms with E-state index in [4.69, 9.17) is 4.74 Å². The monoisotopic (exact) mass is 270 g/mol. The van der Waals surface area contributed by atoms with Crippen molar-refractivity contribution in [2.75, 3.05) is 0 Å². The summed E-state index contributed by atoms with van der Waals surface area (Å²) in [6, 6.07) is 1.88. The molecule has 0 fully saturated rings. The van der Waals surface area contributed by atoms with Crippen LogP contribution in [0.15, 0.2) is 6.07 Å². The normalized spacial score (nSPS) is 11.9. The minimum atomic E-state index is -0.906. The molecule has 1 aromatic heterocycles. The average Bonchev–Trinajstić information content (AvgIpc) is 2.69. The first kappa shape index (κ1) is 15.0. The molecule has 102 valence electrons. The van der Waals surface area contributed by atoms with Crippen molar-refractivity contribution in [3.8, 4) is 5.75 Å². The molecule has 0 spiro atoms. The van der Waals surface area contributed by atoms with E-state index in [0.29, 0.717) is 10.6 Å². The van der Waals surface area contributed by atoms with Crippen molar-refractivity contribution in [3.63, 3.8) is 0 Å². The first-order chi connectivity index (χ1) is 8.29. The predicted molar refractivity (Wildman–Crippen MR) is 75.0 cm³/mol. The van der Waals surface area contributed by atoms with Crippen LogP contribution in [0.1, 0.15) is 62.0 Å². The van der Waals surface area contributed by atoms with Gasteiger partial charge in [0.15, 0.2) is 4.88 Å². The van der Waals surface area contributed by atoms with E-state index < -0.39 is 5.97 Å². The topological polar surface area (TPSA) is 46.5 Å². The summed E-state index contributed by atoms with van der Waals surface area (Å²) >= 11 is 1.31. The van der Waals surface area contributed by atoms with Crippen LogP contribution in [0.25, 0.3) is 0 Å². The second-order valence-electron chi connectivity index (χ2n) is 5.42. The molecule has 0 saturated carbocycles. The van der Waals surface area contributed by atoms with Gasteiger partial charge in [-0.1, -0.05) is 34.6 Å². The third kappa shape index (κ3) is 3.48. The molecule has 4 heteroatoms. The molecule has 0 aliphatic heterocycles. The molecule has 1 rings (SSSR count). The molecule has 0 radical (unpaired) electrons. The Hall–Kier alpha value is -1.03. The van der Waals surface area contributed by atoms with E-state index in [0.717, 1.165) is 17.7 Å². The molecular weight excluding hydrogens is 248 g/mol. The highest BCUT2D eigenvalue weighted by molar-refractivity contribution is 7.14. The maximum absolute atomic E-state index is 11.3. The lowest BCUT2D eigenvalue weighted by Crippen LogP contribution is -2.14. The highest BCUT2D eigenvalue weighted by atomic mass is 32.1. The molecule has 1 heterocycles. The quantitative estimate of drug-likeness (QED) is 0.867. The lowest BCUT2D eigenvalue weighted by molar-refractivity contribution is 0.0694. The van der Waals surface area contributed by atoms with E-state index in [-0.39, 0.29) is 11.5 Å². The summed E-state index contributed by atoms with van der Waals surface area (Å²) in [4.78, 5) is 12.6. The second-order valence-corrected chi connectivity index (χ2v) is 6.47. The molecule has 3 nitrogen and oxygen atoms in total. The van der Waals surface area contributed by atoms with Gasteiger partial charge >= 0.3 is 5.97 Å². The number of carboxylic acids is 1. The van der Waals surface area contributed by atoms with Gasteiger partial charge in [-0.3, -0.25) is 0 Å². The molecule has 0 aromatic carbocycles. The van der Waals surface area contributed by atoms with E-state index >= 15 is 0 Å². The standard InChI is InChI=1S/C14H22O3S/c1-6-9(7-2)17-10-8-11(14(3,4)5)18-12(10)13(15)16/h8-9H,6-7H2,1-5H3,(H,15,16). The Labute approximate surface area is 113 Å². The van der Waals surface area contributed by atoms with Crippen LogP contribution in [0.4, 0.5) is 0 Å². The zero-order valence-electron chi connectivity index (χ0n) is 11.7. The van der Waals surface area contributed by atoms with Crippen molar-refractivity contribution in [1.82, 2.24) is 0 Å². The third-order valence-electron chi connectivity index (χ3n) is 2.84. The molecule has 1 aromatic rings.